The van der Waals surface area contributed by atoms with Crippen molar-refractivity contribution < 1.29 is 13.9 Å². The van der Waals surface area contributed by atoms with Crippen LogP contribution in [0, 0.1) is 11.7 Å². The van der Waals surface area contributed by atoms with Crippen molar-refractivity contribution in [2.24, 2.45) is 17.4 Å². The van der Waals surface area contributed by atoms with Crippen LogP contribution >= 0.6 is 0 Å². The Bertz CT molecular complexity index is 1100. The van der Waals surface area contributed by atoms with E-state index >= 15 is 0 Å². The Morgan fingerprint density at radius 1 is 1.12 bits per heavy atom. The van der Waals surface area contributed by atoms with E-state index in [2.05, 4.69) is 34.4 Å². The highest BCUT2D eigenvalue weighted by molar-refractivity contribution is 5.98. The monoisotopic (exact) mass is 452 g/mol. The first-order valence-electron chi connectivity index (χ1n) is 10.6. The number of pyridine rings is 2. The Morgan fingerprint density at radius 3 is 2.45 bits per heavy atom. The number of hydrogen-bond donors (Lipinski definition) is 4. The van der Waals surface area contributed by atoms with E-state index in [4.69, 9.17) is 16.2 Å². The number of ether oxygens (including phenoxy) is 1. The second-order valence-corrected chi connectivity index (χ2v) is 8.10. The number of methoxy groups -OCH3 is 1. The van der Waals surface area contributed by atoms with Crippen LogP contribution in [0.2, 0.25) is 0 Å². The number of amides is 1. The highest BCUT2D eigenvalue weighted by Crippen LogP contribution is 2.28. The highest BCUT2D eigenvalue weighted by Gasteiger charge is 2.19. The van der Waals surface area contributed by atoms with Gasteiger partial charge in [-0.15, -0.1) is 0 Å². The first kappa shape index (κ1) is 23.9. The maximum Gasteiger partial charge on any atom is 0.252 e. The number of nitrogens with one attached hydrogen (secondary N) is 2. The Labute approximate surface area is 192 Å². The number of carbonyl (C=O) groups excluding carboxylic acids is 1. The molecule has 1 atom stereocenters. The maximum atomic E-state index is 14.7. The summed E-state index contributed by atoms with van der Waals surface area (Å²) in [5.74, 6) is -0.244. The van der Waals surface area contributed by atoms with E-state index in [1.807, 2.05) is 30.3 Å². The number of aromatic nitrogens is 2. The number of nitrogens with zero attached hydrogens (tertiary/aromatic N) is 2. The summed E-state index contributed by atoms with van der Waals surface area (Å²) in [5.41, 5.74) is 13.6. The molecule has 2 heterocycles. The van der Waals surface area contributed by atoms with Crippen LogP contribution in [0.15, 0.2) is 48.8 Å². The van der Waals surface area contributed by atoms with Crippen molar-refractivity contribution in [2.75, 3.05) is 24.3 Å². The molecule has 0 saturated carbocycles. The van der Waals surface area contributed by atoms with Crippen molar-refractivity contribution in [3.8, 4) is 16.9 Å². The molecular weight excluding hydrogens is 423 g/mol. The number of rotatable bonds is 10. The first-order chi connectivity index (χ1) is 15.8. The average molecular weight is 453 g/mol. The van der Waals surface area contributed by atoms with Gasteiger partial charge in [-0.25, -0.2) is 9.37 Å². The van der Waals surface area contributed by atoms with Crippen LogP contribution in [0.5, 0.6) is 5.75 Å². The summed E-state index contributed by atoms with van der Waals surface area (Å²) in [7, 11) is 1.61. The van der Waals surface area contributed by atoms with E-state index in [0.29, 0.717) is 18.2 Å². The van der Waals surface area contributed by atoms with Gasteiger partial charge in [0.15, 0.2) is 11.6 Å². The summed E-state index contributed by atoms with van der Waals surface area (Å²) in [4.78, 5) is 20.5. The van der Waals surface area contributed by atoms with Crippen LogP contribution in [-0.4, -0.2) is 35.6 Å². The lowest BCUT2D eigenvalue weighted by Crippen LogP contribution is -2.31. The van der Waals surface area contributed by atoms with Crippen molar-refractivity contribution in [2.45, 2.75) is 26.3 Å². The molecule has 0 aliphatic carbocycles. The number of primary amides is 1. The zero-order valence-electron chi connectivity index (χ0n) is 18.9. The fourth-order valence-corrected chi connectivity index (χ4v) is 3.44. The molecule has 0 spiro atoms. The Morgan fingerprint density at radius 2 is 1.85 bits per heavy atom. The summed E-state index contributed by atoms with van der Waals surface area (Å²) >= 11 is 0. The molecule has 0 aliphatic rings. The fraction of sp³-hybridized carbons (Fsp3) is 0.292. The number of halogens is 1. The highest BCUT2D eigenvalue weighted by atomic mass is 19.1. The van der Waals surface area contributed by atoms with Crippen molar-refractivity contribution in [3.63, 3.8) is 0 Å². The molecule has 0 fully saturated rings. The predicted octanol–water partition coefficient (Wildman–Crippen LogP) is 3.92. The van der Waals surface area contributed by atoms with Gasteiger partial charge in [0.25, 0.3) is 5.91 Å². The molecule has 9 heteroatoms. The van der Waals surface area contributed by atoms with Crippen LogP contribution in [0.1, 0.15) is 30.6 Å². The predicted molar refractivity (Wildman–Crippen MR) is 128 cm³/mol. The van der Waals surface area contributed by atoms with Crippen LogP contribution in [0.25, 0.3) is 11.1 Å². The van der Waals surface area contributed by atoms with E-state index in [9.17, 15) is 9.18 Å². The standard InChI is InChI=1S/C24H29FN6O2/c1-14(2)8-17(11-26)29-24-21(25)10-20(22(27)32)23(31-24)30-18-9-16(12-28-13-18)15-4-6-19(33-3)7-5-15/h4-7,9-10,12-14,17H,8,11,26H2,1-3H3,(H2,27,32)(H2,29,30,31)/t17-/m1/s1. The quantitative estimate of drug-likeness (QED) is 0.367. The lowest BCUT2D eigenvalue weighted by Gasteiger charge is -2.21. The maximum absolute atomic E-state index is 14.7. The summed E-state index contributed by atoms with van der Waals surface area (Å²) in [5, 5.41) is 6.09. The summed E-state index contributed by atoms with van der Waals surface area (Å²) in [6.45, 7) is 4.42. The minimum Gasteiger partial charge on any atom is -0.497 e. The van der Waals surface area contributed by atoms with Gasteiger partial charge in [0.2, 0.25) is 0 Å². The SMILES string of the molecule is COc1ccc(-c2cncc(Nc3nc(N[C@@H](CN)CC(C)C)c(F)cc3C(N)=O)c2)cc1. The van der Waals surface area contributed by atoms with Gasteiger partial charge in [0.05, 0.1) is 24.6 Å². The molecule has 8 nitrogen and oxygen atoms in total. The lowest BCUT2D eigenvalue weighted by atomic mass is 10.0. The summed E-state index contributed by atoms with van der Waals surface area (Å²) in [6, 6.07) is 10.3. The molecule has 6 N–H and O–H groups in total. The van der Waals surface area contributed by atoms with Crippen LogP contribution in [-0.2, 0) is 0 Å². The number of hydrogen-bond acceptors (Lipinski definition) is 7. The van der Waals surface area contributed by atoms with E-state index in [1.165, 1.54) is 0 Å². The fourth-order valence-electron chi connectivity index (χ4n) is 3.44. The molecular formula is C24H29FN6O2. The van der Waals surface area contributed by atoms with Gasteiger partial charge in [-0.05, 0) is 42.2 Å². The third-order valence-corrected chi connectivity index (χ3v) is 5.05. The number of carbonyl (C=O) groups is 1. The zero-order chi connectivity index (χ0) is 24.0. The molecule has 1 aromatic carbocycles. The Balaban J connectivity index is 1.92. The number of benzene rings is 1. The Hall–Kier alpha value is -3.72. The second-order valence-electron chi connectivity index (χ2n) is 8.10. The number of anilines is 3. The second kappa shape index (κ2) is 10.7. The van der Waals surface area contributed by atoms with Gasteiger partial charge in [0.1, 0.15) is 11.6 Å². The molecule has 0 aliphatic heterocycles. The summed E-state index contributed by atoms with van der Waals surface area (Å²) in [6.07, 6.45) is 4.04. The van der Waals surface area contributed by atoms with Crippen molar-refractivity contribution >= 4 is 23.2 Å². The van der Waals surface area contributed by atoms with Gasteiger partial charge in [-0.1, -0.05) is 26.0 Å². The molecule has 0 bridgehead atoms. The molecule has 3 aromatic rings. The minimum absolute atomic E-state index is 0.00197. The van der Waals surface area contributed by atoms with E-state index < -0.39 is 11.7 Å². The molecule has 2 aromatic heterocycles. The number of nitrogens with two attached hydrogens (primary N) is 2. The molecule has 0 saturated heterocycles. The van der Waals surface area contributed by atoms with E-state index in [0.717, 1.165) is 29.4 Å². The first-order valence-corrected chi connectivity index (χ1v) is 10.6. The molecule has 1 amide bonds. The molecule has 33 heavy (non-hydrogen) atoms. The zero-order valence-corrected chi connectivity index (χ0v) is 18.9. The molecule has 174 valence electrons. The third-order valence-electron chi connectivity index (χ3n) is 5.05. The van der Waals surface area contributed by atoms with Crippen LogP contribution in [0.4, 0.5) is 21.7 Å². The van der Waals surface area contributed by atoms with Crippen molar-refractivity contribution in [1.82, 2.24) is 9.97 Å². The molecule has 3 rings (SSSR count). The molecule has 0 radical (unpaired) electrons. The molecule has 0 unspecified atom stereocenters. The van der Waals surface area contributed by atoms with Gasteiger partial charge in [-0.2, -0.15) is 0 Å². The third kappa shape index (κ3) is 6.17. The van der Waals surface area contributed by atoms with Gasteiger partial charge in [-0.3, -0.25) is 9.78 Å². The average Bonchev–Trinajstić information content (AvgIpc) is 2.80. The van der Waals surface area contributed by atoms with Gasteiger partial charge in [0, 0.05) is 24.3 Å². The van der Waals surface area contributed by atoms with E-state index in [-0.39, 0.29) is 23.2 Å². The van der Waals surface area contributed by atoms with Crippen LogP contribution in [0.3, 0.4) is 0 Å². The largest absolute Gasteiger partial charge is 0.497 e. The van der Waals surface area contributed by atoms with E-state index in [1.54, 1.807) is 19.5 Å². The van der Waals surface area contributed by atoms with Gasteiger partial charge < -0.3 is 26.8 Å². The van der Waals surface area contributed by atoms with Crippen LogP contribution < -0.4 is 26.8 Å². The van der Waals surface area contributed by atoms with Crippen molar-refractivity contribution in [1.29, 1.82) is 0 Å². The van der Waals surface area contributed by atoms with Crippen molar-refractivity contribution in [3.05, 3.63) is 60.2 Å². The van der Waals surface area contributed by atoms with Gasteiger partial charge >= 0.3 is 0 Å². The lowest BCUT2D eigenvalue weighted by molar-refractivity contribution is 0.100. The smallest absolute Gasteiger partial charge is 0.252 e. The summed E-state index contributed by atoms with van der Waals surface area (Å²) < 4.78 is 19.9. The minimum atomic E-state index is -0.799. The Kier molecular flexibility index (Phi) is 7.78. The topological polar surface area (TPSA) is 128 Å². The normalized spacial score (nSPS) is 11.8.